The summed E-state index contributed by atoms with van der Waals surface area (Å²) >= 11 is 0. The van der Waals surface area contributed by atoms with E-state index in [4.69, 9.17) is 0 Å². The van der Waals surface area contributed by atoms with E-state index in [9.17, 15) is 33.2 Å². The van der Waals surface area contributed by atoms with Crippen molar-refractivity contribution in [3.8, 4) is 0 Å². The van der Waals surface area contributed by atoms with E-state index in [-0.39, 0.29) is 58.3 Å². The first-order valence-electron chi connectivity index (χ1n) is 9.31. The van der Waals surface area contributed by atoms with Crippen LogP contribution in [0.2, 0.25) is 0 Å². The van der Waals surface area contributed by atoms with Gasteiger partial charge in [0.05, 0.1) is 27.9 Å². The monoisotopic (exact) mass is 467 g/mol. The van der Waals surface area contributed by atoms with Crippen LogP contribution in [-0.2, 0) is 6.18 Å². The van der Waals surface area contributed by atoms with Crippen LogP contribution < -0.4 is 29.3 Å². The van der Waals surface area contributed by atoms with E-state index >= 15 is 0 Å². The van der Waals surface area contributed by atoms with Gasteiger partial charge in [0.25, 0.3) is 5.69 Å². The third-order valence-electron chi connectivity index (χ3n) is 4.87. The second-order valence-electron chi connectivity index (χ2n) is 7.13. The molecule has 0 radical (unpaired) electrons. The van der Waals surface area contributed by atoms with Gasteiger partial charge in [-0.25, -0.2) is 15.0 Å². The Morgan fingerprint density at radius 2 is 1.88 bits per heavy atom. The van der Waals surface area contributed by atoms with Gasteiger partial charge in [0.2, 0.25) is 0 Å². The van der Waals surface area contributed by atoms with Crippen molar-refractivity contribution in [2.75, 3.05) is 5.32 Å². The number of nitro groups is 1. The number of carboxylic acid groups (broad SMARTS) is 1. The molecule has 0 aliphatic rings. The van der Waals surface area contributed by atoms with Gasteiger partial charge in [0, 0.05) is 17.7 Å². The van der Waals surface area contributed by atoms with Gasteiger partial charge < -0.3 is 15.2 Å². The van der Waals surface area contributed by atoms with Gasteiger partial charge in [-0.1, -0.05) is 0 Å². The average Bonchev–Trinajstić information content (AvgIpc) is 3.22. The van der Waals surface area contributed by atoms with Crippen LogP contribution in [0, 0.1) is 17.0 Å². The zero-order chi connectivity index (χ0) is 24.1. The standard InChI is InChI=1S/C19H14F3N7O4.Li/c1-8(10-3-11(19(20,21)22)5-12(4-10)29(32)33)25-15-13-6-14(18(30)31)16-23-7-24-28(16)17(13)27-9(2)26-15;/h3-8H,1-2H3,(H,30,31)(H,25,26,27);/q;+1/p-1/t8-;/m1./s1. The molecular weight excluding hydrogens is 454 g/mol. The summed E-state index contributed by atoms with van der Waals surface area (Å²) in [4.78, 5) is 34.2. The fraction of sp³-hybridized carbons (Fsp3) is 0.211. The maximum atomic E-state index is 13.3. The topological polar surface area (TPSA) is 151 Å². The number of carbonyl (C=O) groups excluding carboxylic acids is 1. The number of nitrogens with one attached hydrogen (secondary N) is 1. The normalized spacial score (nSPS) is 12.4. The van der Waals surface area contributed by atoms with E-state index in [1.54, 1.807) is 6.92 Å². The summed E-state index contributed by atoms with van der Waals surface area (Å²) in [7, 11) is 0. The van der Waals surface area contributed by atoms with Gasteiger partial charge in [0.1, 0.15) is 18.0 Å². The molecule has 0 spiro atoms. The second kappa shape index (κ2) is 8.88. The van der Waals surface area contributed by atoms with Gasteiger partial charge >= 0.3 is 25.0 Å². The zero-order valence-electron chi connectivity index (χ0n) is 17.9. The van der Waals surface area contributed by atoms with E-state index in [1.807, 2.05) is 0 Å². The Kier molecular flexibility index (Phi) is 6.50. The maximum absolute atomic E-state index is 13.3. The summed E-state index contributed by atoms with van der Waals surface area (Å²) in [5, 5.41) is 29.8. The van der Waals surface area contributed by atoms with E-state index in [2.05, 4.69) is 25.4 Å². The number of hydrogen-bond acceptors (Lipinski definition) is 9. The van der Waals surface area contributed by atoms with Crippen LogP contribution in [0.25, 0.3) is 16.7 Å². The van der Waals surface area contributed by atoms with Crippen LogP contribution in [0.4, 0.5) is 24.7 Å². The number of alkyl halides is 3. The van der Waals surface area contributed by atoms with E-state index in [0.29, 0.717) is 6.07 Å². The third kappa shape index (κ3) is 4.50. The number of aromatic carboxylic acids is 1. The summed E-state index contributed by atoms with van der Waals surface area (Å²) in [5.41, 5.74) is -2.02. The molecule has 1 atom stereocenters. The van der Waals surface area contributed by atoms with Gasteiger partial charge in [-0.05, 0) is 31.5 Å². The molecule has 0 saturated heterocycles. The molecule has 0 aliphatic heterocycles. The average molecular weight is 467 g/mol. The minimum absolute atomic E-state index is 0. The van der Waals surface area contributed by atoms with Crippen molar-refractivity contribution in [1.82, 2.24) is 24.6 Å². The molecule has 4 rings (SSSR count). The molecule has 1 aromatic carbocycles. The maximum Gasteiger partial charge on any atom is 1.00 e. The number of carboxylic acids is 1. The summed E-state index contributed by atoms with van der Waals surface area (Å²) in [6.07, 6.45) is -3.66. The van der Waals surface area contributed by atoms with Crippen LogP contribution in [0.5, 0.6) is 0 Å². The van der Waals surface area contributed by atoms with E-state index in [1.165, 1.54) is 17.5 Å². The number of non-ortho nitro benzene ring substituents is 1. The minimum Gasteiger partial charge on any atom is -0.545 e. The number of aryl methyl sites for hydroxylation is 1. The Bertz CT molecular complexity index is 1440. The number of benzene rings is 1. The van der Waals surface area contributed by atoms with Gasteiger partial charge in [-0.3, -0.25) is 10.1 Å². The molecule has 1 N–H and O–H groups in total. The first-order valence-corrected chi connectivity index (χ1v) is 9.31. The fourth-order valence-electron chi connectivity index (χ4n) is 3.35. The quantitative estimate of drug-likeness (QED) is 0.232. The van der Waals surface area contributed by atoms with Crippen LogP contribution in [0.3, 0.4) is 0 Å². The zero-order valence-corrected chi connectivity index (χ0v) is 17.9. The second-order valence-corrected chi connectivity index (χ2v) is 7.13. The smallest absolute Gasteiger partial charge is 0.545 e. The van der Waals surface area contributed by atoms with Crippen LogP contribution >= 0.6 is 0 Å². The molecule has 3 aromatic heterocycles. The van der Waals surface area contributed by atoms with Crippen LogP contribution in [0.15, 0.2) is 30.6 Å². The number of aromatic nitrogens is 5. The molecule has 4 aromatic rings. The van der Waals surface area contributed by atoms with Gasteiger partial charge in [-0.15, -0.1) is 0 Å². The molecular formula is C19H13F3LiN7O4. The number of carbonyl (C=O) groups is 1. The fourth-order valence-corrected chi connectivity index (χ4v) is 3.35. The predicted octanol–water partition coefficient (Wildman–Crippen LogP) is -0.551. The summed E-state index contributed by atoms with van der Waals surface area (Å²) in [6, 6.07) is 2.60. The SMILES string of the molecule is Cc1nc(N[C@H](C)c2cc([N+](=O)[O-])cc(C(F)(F)F)c2)c2cc(C(=O)[O-])c3ncnn3c2n1.[Li+]. The summed E-state index contributed by atoms with van der Waals surface area (Å²) in [5.74, 6) is -1.18. The number of pyridine rings is 1. The summed E-state index contributed by atoms with van der Waals surface area (Å²) < 4.78 is 41.0. The number of hydrogen-bond donors (Lipinski definition) is 1. The number of halogens is 3. The Morgan fingerprint density at radius 1 is 1.18 bits per heavy atom. The van der Waals surface area contributed by atoms with Crippen LogP contribution in [0.1, 0.15) is 40.3 Å². The molecule has 11 nitrogen and oxygen atoms in total. The number of nitrogens with zero attached hydrogens (tertiary/aromatic N) is 6. The first-order chi connectivity index (χ1) is 15.5. The van der Waals surface area contributed by atoms with Crippen molar-refractivity contribution in [3.63, 3.8) is 0 Å². The number of anilines is 1. The van der Waals surface area contributed by atoms with E-state index in [0.717, 1.165) is 18.5 Å². The Labute approximate surface area is 200 Å². The number of fused-ring (bicyclic) bond motifs is 3. The van der Waals surface area contributed by atoms with Crippen molar-refractivity contribution in [2.45, 2.75) is 26.1 Å². The third-order valence-corrected chi connectivity index (χ3v) is 4.87. The van der Waals surface area contributed by atoms with Crippen molar-refractivity contribution in [1.29, 1.82) is 0 Å². The van der Waals surface area contributed by atoms with Crippen molar-refractivity contribution in [3.05, 3.63) is 63.2 Å². The number of nitro benzene ring substituents is 1. The Balaban J connectivity index is 0.00000324. The Morgan fingerprint density at radius 3 is 2.50 bits per heavy atom. The van der Waals surface area contributed by atoms with Crippen molar-refractivity contribution < 1.29 is 46.9 Å². The van der Waals surface area contributed by atoms with Crippen LogP contribution in [-0.4, -0.2) is 35.5 Å². The molecule has 0 amide bonds. The molecule has 0 fully saturated rings. The van der Waals surface area contributed by atoms with Crippen molar-refractivity contribution >= 4 is 34.2 Å². The molecule has 0 bridgehead atoms. The Hall–Kier alpha value is -3.76. The molecule has 0 unspecified atom stereocenters. The number of rotatable bonds is 5. The van der Waals surface area contributed by atoms with Gasteiger partial charge in [-0.2, -0.15) is 22.8 Å². The molecule has 0 saturated carbocycles. The van der Waals surface area contributed by atoms with E-state index < -0.39 is 34.4 Å². The molecule has 34 heavy (non-hydrogen) atoms. The molecule has 170 valence electrons. The molecule has 0 aliphatic carbocycles. The molecule has 3 heterocycles. The summed E-state index contributed by atoms with van der Waals surface area (Å²) in [6.45, 7) is 3.04. The first kappa shape index (κ1) is 24.9. The largest absolute Gasteiger partial charge is 1.00 e. The predicted molar refractivity (Wildman–Crippen MR) is 105 cm³/mol. The van der Waals surface area contributed by atoms with Gasteiger partial charge in [0.15, 0.2) is 11.3 Å². The molecule has 15 heteroatoms. The minimum atomic E-state index is -4.79. The van der Waals surface area contributed by atoms with Crippen molar-refractivity contribution in [2.24, 2.45) is 0 Å².